The van der Waals surface area contributed by atoms with E-state index in [0.29, 0.717) is 159 Å². The van der Waals surface area contributed by atoms with E-state index in [2.05, 4.69) is 57.4 Å². The van der Waals surface area contributed by atoms with Gasteiger partial charge in [0.1, 0.15) is 18.1 Å². The molecule has 2 aromatic carbocycles. The predicted octanol–water partition coefficient (Wildman–Crippen LogP) is 7.67. The monoisotopic (exact) mass is 1150 g/mol. The average Bonchev–Trinajstić information content (AvgIpc) is 3.42. The number of rotatable bonds is 60. The van der Waals surface area contributed by atoms with Gasteiger partial charge in [0, 0.05) is 7.11 Å². The molecule has 2 aromatic rings. The van der Waals surface area contributed by atoms with Crippen molar-refractivity contribution in [3.8, 4) is 22.6 Å². The van der Waals surface area contributed by atoms with E-state index in [-0.39, 0.29) is 17.0 Å². The number of halogens is 1. The van der Waals surface area contributed by atoms with Crippen LogP contribution in [0.15, 0.2) is 48.5 Å². The Hall–Kier alpha value is -2.00. The zero-order valence-electron chi connectivity index (χ0n) is 48.3. The van der Waals surface area contributed by atoms with Crippen molar-refractivity contribution < 1.29 is 87.8 Å². The summed E-state index contributed by atoms with van der Waals surface area (Å²) in [7, 11) is 6.51. The van der Waals surface area contributed by atoms with Gasteiger partial charge in [-0.25, -0.2) is 0 Å². The Balaban J connectivity index is 0.0000289. The van der Waals surface area contributed by atoms with Crippen LogP contribution in [0.2, 0.25) is 0 Å². The summed E-state index contributed by atoms with van der Waals surface area (Å²) in [6.45, 7) is 18.1. The van der Waals surface area contributed by atoms with Crippen molar-refractivity contribution in [2.45, 2.75) is 116 Å². The minimum absolute atomic E-state index is 0. The van der Waals surface area contributed by atoms with Crippen molar-refractivity contribution in [1.29, 1.82) is 0 Å². The maximum Gasteiger partial charge on any atom is 0.119 e. The largest absolute Gasteiger partial charge is 1.00 e. The van der Waals surface area contributed by atoms with Gasteiger partial charge in [0.2, 0.25) is 0 Å². The maximum absolute atomic E-state index is 6.06. The van der Waals surface area contributed by atoms with Crippen molar-refractivity contribution in [3.05, 3.63) is 48.5 Å². The van der Waals surface area contributed by atoms with Gasteiger partial charge in [-0.1, -0.05) is 108 Å². The first-order valence-corrected chi connectivity index (χ1v) is 29.2. The number of hydrogen-bond acceptors (Lipinski definition) is 14. The standard InChI is InChI=1S/C60H108NO14.BrH/c1-5-6-7-8-9-10-13-16-19-30-61(2,3)31-20-17-14-11-12-15-18-21-32-74-59-26-22-57(23-27-59)58-24-28-60(29-25-58)75-56-55-73-54-53-72-52-51-71-50-49-70-48-47-69-46-45-68-44-43-67-42-41-66-40-39-65-38-37-64-36-35-63-34-33-62-4;/h22-29H,5-21,30-56H2,1-4H3;1H/q+1;/p-1. The molecule has 15 nitrogen and oxygen atoms in total. The zero-order valence-corrected chi connectivity index (χ0v) is 49.9. The second-order valence-corrected chi connectivity index (χ2v) is 19.5. The summed E-state index contributed by atoms with van der Waals surface area (Å²) in [5, 5.41) is 0. The number of nitrogens with zero attached hydrogens (tertiary/aromatic N) is 1. The minimum Gasteiger partial charge on any atom is -1.00 e. The highest BCUT2D eigenvalue weighted by molar-refractivity contribution is 5.64. The first kappa shape index (κ1) is 72.0. The SMILES string of the molecule is CCCCCCCCCCC[N+](C)(C)CCCCCCCCCCOc1ccc(-c2ccc(OCCOCCOCCOCCOCCOCCOCCOCCOCCOCCOCCOCCOC)cc2)cc1.[Br-]. The molecule has 2 rings (SSSR count). The van der Waals surface area contributed by atoms with E-state index in [9.17, 15) is 0 Å². The van der Waals surface area contributed by atoms with Crippen LogP contribution in [-0.2, 0) is 56.8 Å². The van der Waals surface area contributed by atoms with Crippen LogP contribution in [0, 0.1) is 0 Å². The summed E-state index contributed by atoms with van der Waals surface area (Å²) in [5.74, 6) is 1.75. The number of hydrogen-bond donors (Lipinski definition) is 0. The molecule has 444 valence electrons. The number of quaternary nitrogens is 1. The molecular formula is C60H108BrNO14. The lowest BCUT2D eigenvalue weighted by Crippen LogP contribution is -3.00. The number of ether oxygens (including phenoxy) is 14. The molecule has 0 saturated carbocycles. The second kappa shape index (κ2) is 56.3. The number of methoxy groups -OCH3 is 1. The zero-order chi connectivity index (χ0) is 53.5. The third kappa shape index (κ3) is 48.0. The quantitative estimate of drug-likeness (QED) is 0.0475. The van der Waals surface area contributed by atoms with E-state index in [4.69, 9.17) is 66.3 Å². The summed E-state index contributed by atoms with van der Waals surface area (Å²) in [4.78, 5) is 0. The Bertz CT molecular complexity index is 1450. The molecule has 0 heterocycles. The van der Waals surface area contributed by atoms with Crippen molar-refractivity contribution in [3.63, 3.8) is 0 Å². The summed E-state index contributed by atoms with van der Waals surface area (Å²) < 4.78 is 78.7. The maximum atomic E-state index is 6.06. The van der Waals surface area contributed by atoms with Gasteiger partial charge in [0.25, 0.3) is 0 Å². The Labute approximate surface area is 472 Å². The summed E-state index contributed by atoms with van der Waals surface area (Å²) >= 11 is 0. The smallest absolute Gasteiger partial charge is 0.119 e. The normalized spacial score (nSPS) is 11.6. The van der Waals surface area contributed by atoms with Gasteiger partial charge in [-0.2, -0.15) is 0 Å². The topological polar surface area (TPSA) is 129 Å². The number of unbranched alkanes of at least 4 members (excludes halogenated alkanes) is 15. The molecule has 0 aromatic heterocycles. The minimum atomic E-state index is 0. The van der Waals surface area contributed by atoms with Gasteiger partial charge in [-0.05, 0) is 67.5 Å². The van der Waals surface area contributed by atoms with E-state index in [1.165, 1.54) is 120 Å². The van der Waals surface area contributed by atoms with Gasteiger partial charge in [-0.3, -0.25) is 0 Å². The molecule has 0 atom stereocenters. The molecule has 0 saturated heterocycles. The van der Waals surface area contributed by atoms with Gasteiger partial charge in [0.15, 0.2) is 0 Å². The summed E-state index contributed by atoms with van der Waals surface area (Å²) in [5.41, 5.74) is 2.30. The van der Waals surface area contributed by atoms with Crippen LogP contribution >= 0.6 is 0 Å². The fraction of sp³-hybridized carbons (Fsp3) is 0.800. The highest BCUT2D eigenvalue weighted by Gasteiger charge is 2.13. The molecule has 16 heteroatoms. The highest BCUT2D eigenvalue weighted by Crippen LogP contribution is 2.25. The third-order valence-electron chi connectivity index (χ3n) is 12.5. The van der Waals surface area contributed by atoms with Gasteiger partial charge < -0.3 is 87.8 Å². The molecule has 0 N–H and O–H groups in total. The second-order valence-electron chi connectivity index (χ2n) is 19.5. The molecule has 0 aliphatic rings. The van der Waals surface area contributed by atoms with Crippen LogP contribution in [0.4, 0.5) is 0 Å². The van der Waals surface area contributed by atoms with E-state index >= 15 is 0 Å². The average molecular weight is 1150 g/mol. The summed E-state index contributed by atoms with van der Waals surface area (Å²) in [6.07, 6.45) is 23.2. The van der Waals surface area contributed by atoms with Crippen LogP contribution in [0.3, 0.4) is 0 Å². The molecule has 0 aliphatic heterocycles. The summed E-state index contributed by atoms with van der Waals surface area (Å²) in [6, 6.07) is 16.6. The van der Waals surface area contributed by atoms with Crippen molar-refractivity contribution in [2.75, 3.05) is 199 Å². The van der Waals surface area contributed by atoms with E-state index in [0.717, 1.165) is 35.7 Å². The van der Waals surface area contributed by atoms with Gasteiger partial charge in [0.05, 0.1) is 186 Å². The van der Waals surface area contributed by atoms with Crippen LogP contribution in [-0.4, -0.2) is 204 Å². The third-order valence-corrected chi connectivity index (χ3v) is 12.5. The fourth-order valence-electron chi connectivity index (χ4n) is 8.00. The Kier molecular flexibility index (Phi) is 53.3. The Morgan fingerprint density at radius 1 is 0.276 bits per heavy atom. The van der Waals surface area contributed by atoms with E-state index in [1.807, 2.05) is 12.1 Å². The highest BCUT2D eigenvalue weighted by atomic mass is 79.9. The molecule has 0 radical (unpaired) electrons. The molecular weight excluding hydrogens is 1040 g/mol. The van der Waals surface area contributed by atoms with Crippen LogP contribution in [0.25, 0.3) is 11.1 Å². The first-order valence-electron chi connectivity index (χ1n) is 29.2. The lowest BCUT2D eigenvalue weighted by atomic mass is 10.1. The van der Waals surface area contributed by atoms with Crippen molar-refractivity contribution in [1.82, 2.24) is 0 Å². The predicted molar refractivity (Wildman–Crippen MR) is 300 cm³/mol. The van der Waals surface area contributed by atoms with Gasteiger partial charge in [-0.15, -0.1) is 0 Å². The molecule has 0 amide bonds. The Morgan fingerprint density at radius 2 is 0.513 bits per heavy atom. The lowest BCUT2D eigenvalue weighted by molar-refractivity contribution is -0.890. The molecule has 0 fully saturated rings. The Morgan fingerprint density at radius 3 is 0.803 bits per heavy atom. The van der Waals surface area contributed by atoms with Crippen molar-refractivity contribution in [2.24, 2.45) is 0 Å². The fourth-order valence-corrected chi connectivity index (χ4v) is 8.00. The van der Waals surface area contributed by atoms with Gasteiger partial charge >= 0.3 is 0 Å². The van der Waals surface area contributed by atoms with E-state index in [1.54, 1.807) is 7.11 Å². The number of benzene rings is 2. The lowest BCUT2D eigenvalue weighted by Gasteiger charge is -2.30. The molecule has 0 bridgehead atoms. The van der Waals surface area contributed by atoms with Crippen LogP contribution in [0.1, 0.15) is 116 Å². The van der Waals surface area contributed by atoms with Crippen LogP contribution in [0.5, 0.6) is 11.5 Å². The molecule has 0 unspecified atom stereocenters. The molecule has 0 spiro atoms. The van der Waals surface area contributed by atoms with Crippen molar-refractivity contribution >= 4 is 0 Å². The molecule has 0 aliphatic carbocycles. The van der Waals surface area contributed by atoms with Crippen LogP contribution < -0.4 is 26.5 Å². The molecule has 76 heavy (non-hydrogen) atoms. The first-order chi connectivity index (χ1) is 37.0. The van der Waals surface area contributed by atoms with E-state index < -0.39 is 0 Å².